The molecule has 0 atom stereocenters. The number of aliphatic carboxylic acids is 1. The number of halogens is 1. The van der Waals surface area contributed by atoms with E-state index in [2.05, 4.69) is 4.98 Å². The quantitative estimate of drug-likeness (QED) is 0.914. The summed E-state index contributed by atoms with van der Waals surface area (Å²) in [5, 5.41) is 10.0. The van der Waals surface area contributed by atoms with Gasteiger partial charge in [-0.05, 0) is 24.6 Å². The van der Waals surface area contributed by atoms with Crippen LogP contribution in [0.15, 0.2) is 23.0 Å². The molecule has 0 radical (unpaired) electrons. The monoisotopic (exact) mass is 309 g/mol. The van der Waals surface area contributed by atoms with Crippen LogP contribution >= 0.6 is 11.6 Å². The first-order valence-electron chi connectivity index (χ1n) is 6.49. The predicted octanol–water partition coefficient (Wildman–Crippen LogP) is 1.98. The van der Waals surface area contributed by atoms with E-state index in [1.165, 1.54) is 4.57 Å². The third-order valence-corrected chi connectivity index (χ3v) is 3.35. The fourth-order valence-electron chi connectivity index (χ4n) is 2.18. The Balaban J connectivity index is 2.56. The van der Waals surface area contributed by atoms with Crippen molar-refractivity contribution in [3.63, 3.8) is 0 Å². The van der Waals surface area contributed by atoms with Gasteiger partial charge in [-0.15, -0.1) is 0 Å². The molecule has 2 aromatic rings. The Bertz CT molecular complexity index is 740. The number of aromatic nitrogens is 2. The Hall–Kier alpha value is -2.08. The van der Waals surface area contributed by atoms with Gasteiger partial charge in [0.25, 0.3) is 0 Å². The van der Waals surface area contributed by atoms with Gasteiger partial charge in [-0.3, -0.25) is 9.36 Å². The molecule has 0 saturated carbocycles. The molecule has 6 nitrogen and oxygen atoms in total. The van der Waals surface area contributed by atoms with Crippen LogP contribution in [0, 0.1) is 0 Å². The molecule has 0 amide bonds. The molecule has 0 aliphatic heterocycles. The van der Waals surface area contributed by atoms with Crippen LogP contribution in [0.1, 0.15) is 12.8 Å². The second-order valence-electron chi connectivity index (χ2n) is 4.92. The molecule has 112 valence electrons. The molecule has 1 N–H and O–H groups in total. The summed E-state index contributed by atoms with van der Waals surface area (Å²) < 4.78 is 1.47. The van der Waals surface area contributed by atoms with E-state index in [0.717, 1.165) is 5.39 Å². The van der Waals surface area contributed by atoms with Crippen molar-refractivity contribution in [1.82, 2.24) is 9.55 Å². The van der Waals surface area contributed by atoms with Crippen LogP contribution < -0.4 is 10.6 Å². The fourth-order valence-corrected chi connectivity index (χ4v) is 2.34. The Morgan fingerprint density at radius 1 is 1.43 bits per heavy atom. The van der Waals surface area contributed by atoms with Gasteiger partial charge >= 0.3 is 11.7 Å². The van der Waals surface area contributed by atoms with E-state index >= 15 is 0 Å². The summed E-state index contributed by atoms with van der Waals surface area (Å²) in [6.45, 7) is 0.294. The van der Waals surface area contributed by atoms with Gasteiger partial charge in [-0.1, -0.05) is 11.6 Å². The maximum absolute atomic E-state index is 12.2. The van der Waals surface area contributed by atoms with Crippen molar-refractivity contribution in [2.75, 3.05) is 19.0 Å². The first kappa shape index (κ1) is 15.3. The van der Waals surface area contributed by atoms with Crippen LogP contribution in [0.25, 0.3) is 10.9 Å². The fraction of sp³-hybridized carbons (Fsp3) is 0.357. The SMILES string of the molecule is CN(C)c1nc(=O)n(CCCC(=O)O)c2cc(Cl)ccc12. The Morgan fingerprint density at radius 2 is 2.14 bits per heavy atom. The second-order valence-corrected chi connectivity index (χ2v) is 5.36. The molecule has 0 aliphatic rings. The van der Waals surface area contributed by atoms with Crippen molar-refractivity contribution in [1.29, 1.82) is 0 Å². The largest absolute Gasteiger partial charge is 0.481 e. The average molecular weight is 310 g/mol. The summed E-state index contributed by atoms with van der Waals surface area (Å²) in [4.78, 5) is 28.6. The number of hydrogen-bond acceptors (Lipinski definition) is 4. The summed E-state index contributed by atoms with van der Waals surface area (Å²) in [6.07, 6.45) is 0.365. The molecule has 0 bridgehead atoms. The number of carboxylic acid groups (broad SMARTS) is 1. The van der Waals surface area contributed by atoms with Gasteiger partial charge in [0, 0.05) is 37.5 Å². The van der Waals surface area contributed by atoms with Crippen LogP contribution in [0.2, 0.25) is 5.02 Å². The molecule has 0 unspecified atom stereocenters. The summed E-state index contributed by atoms with van der Waals surface area (Å²) >= 11 is 6.02. The topological polar surface area (TPSA) is 75.4 Å². The van der Waals surface area contributed by atoms with Crippen LogP contribution in [-0.4, -0.2) is 34.7 Å². The minimum atomic E-state index is -0.886. The summed E-state index contributed by atoms with van der Waals surface area (Å²) in [5.74, 6) is -0.315. The lowest BCUT2D eigenvalue weighted by atomic mass is 10.2. The van der Waals surface area contributed by atoms with Crippen molar-refractivity contribution in [2.24, 2.45) is 0 Å². The number of carbonyl (C=O) groups is 1. The molecule has 1 aromatic heterocycles. The predicted molar refractivity (Wildman–Crippen MR) is 82.2 cm³/mol. The van der Waals surface area contributed by atoms with E-state index in [1.807, 2.05) is 20.2 Å². The third-order valence-electron chi connectivity index (χ3n) is 3.12. The third kappa shape index (κ3) is 3.33. The molecule has 7 heteroatoms. The van der Waals surface area contributed by atoms with Crippen molar-refractivity contribution in [3.05, 3.63) is 33.7 Å². The smallest absolute Gasteiger partial charge is 0.350 e. The molecule has 0 aliphatic carbocycles. The highest BCUT2D eigenvalue weighted by molar-refractivity contribution is 6.31. The molecule has 21 heavy (non-hydrogen) atoms. The minimum absolute atomic E-state index is 0.00390. The highest BCUT2D eigenvalue weighted by atomic mass is 35.5. The summed E-state index contributed by atoms with van der Waals surface area (Å²) in [5.41, 5.74) is 0.260. The van der Waals surface area contributed by atoms with Crippen molar-refractivity contribution >= 4 is 34.3 Å². The van der Waals surface area contributed by atoms with Gasteiger partial charge < -0.3 is 10.0 Å². The average Bonchev–Trinajstić information content (AvgIpc) is 2.40. The molecule has 2 rings (SSSR count). The van der Waals surface area contributed by atoms with Crippen LogP contribution in [0.4, 0.5) is 5.82 Å². The number of anilines is 1. The van der Waals surface area contributed by atoms with E-state index < -0.39 is 11.7 Å². The Kier molecular flexibility index (Phi) is 4.47. The van der Waals surface area contributed by atoms with Crippen LogP contribution in [0.3, 0.4) is 0 Å². The zero-order valence-corrected chi connectivity index (χ0v) is 12.6. The van der Waals surface area contributed by atoms with Gasteiger partial charge in [0.2, 0.25) is 0 Å². The second kappa shape index (κ2) is 6.13. The molecule has 0 fully saturated rings. The number of carboxylic acids is 1. The molecular weight excluding hydrogens is 294 g/mol. The summed E-state index contributed by atoms with van der Waals surface area (Å²) in [6, 6.07) is 5.26. The lowest BCUT2D eigenvalue weighted by molar-refractivity contribution is -0.137. The van der Waals surface area contributed by atoms with Crippen molar-refractivity contribution in [2.45, 2.75) is 19.4 Å². The Labute approximate surface area is 126 Å². The molecule has 0 spiro atoms. The maximum Gasteiger partial charge on any atom is 0.350 e. The normalized spacial score (nSPS) is 10.8. The number of rotatable bonds is 5. The van der Waals surface area contributed by atoms with Gasteiger partial charge in [0.05, 0.1) is 5.52 Å². The number of hydrogen-bond donors (Lipinski definition) is 1. The molecule has 1 aromatic carbocycles. The first-order valence-corrected chi connectivity index (χ1v) is 6.87. The van der Waals surface area contributed by atoms with E-state index in [4.69, 9.17) is 16.7 Å². The first-order chi connectivity index (χ1) is 9.90. The minimum Gasteiger partial charge on any atom is -0.481 e. The molecular formula is C14H16ClN3O3. The zero-order chi connectivity index (χ0) is 15.6. The van der Waals surface area contributed by atoms with E-state index in [0.29, 0.717) is 29.3 Å². The van der Waals surface area contributed by atoms with Gasteiger partial charge in [0.1, 0.15) is 5.82 Å². The van der Waals surface area contributed by atoms with E-state index in [1.54, 1.807) is 17.0 Å². The molecule has 1 heterocycles. The summed E-state index contributed by atoms with van der Waals surface area (Å²) in [7, 11) is 3.62. The number of aryl methyl sites for hydroxylation is 1. The Morgan fingerprint density at radius 3 is 2.76 bits per heavy atom. The highest BCUT2D eigenvalue weighted by Crippen LogP contribution is 2.24. The van der Waals surface area contributed by atoms with Gasteiger partial charge in [-0.25, -0.2) is 4.79 Å². The lowest BCUT2D eigenvalue weighted by Crippen LogP contribution is -2.27. The van der Waals surface area contributed by atoms with Crippen molar-refractivity contribution < 1.29 is 9.90 Å². The lowest BCUT2D eigenvalue weighted by Gasteiger charge is -2.17. The zero-order valence-electron chi connectivity index (χ0n) is 11.8. The highest BCUT2D eigenvalue weighted by Gasteiger charge is 2.12. The van der Waals surface area contributed by atoms with E-state index in [9.17, 15) is 9.59 Å². The van der Waals surface area contributed by atoms with Gasteiger partial charge in [-0.2, -0.15) is 4.98 Å². The van der Waals surface area contributed by atoms with E-state index in [-0.39, 0.29) is 6.42 Å². The standard InChI is InChI=1S/C14H16ClN3O3/c1-17(2)13-10-6-5-9(15)8-11(10)18(14(21)16-13)7-3-4-12(19)20/h5-6,8H,3-4,7H2,1-2H3,(H,19,20). The van der Waals surface area contributed by atoms with Crippen LogP contribution in [0.5, 0.6) is 0 Å². The number of nitrogens with zero attached hydrogens (tertiary/aromatic N) is 3. The number of fused-ring (bicyclic) bond motifs is 1. The maximum atomic E-state index is 12.2. The van der Waals surface area contributed by atoms with Crippen molar-refractivity contribution in [3.8, 4) is 0 Å². The molecule has 0 saturated heterocycles. The number of benzene rings is 1. The van der Waals surface area contributed by atoms with Gasteiger partial charge in [0.15, 0.2) is 0 Å². The van der Waals surface area contributed by atoms with Crippen LogP contribution in [-0.2, 0) is 11.3 Å².